The first-order valence-corrected chi connectivity index (χ1v) is 8.38. The van der Waals surface area contributed by atoms with Crippen LogP contribution in [0.2, 0.25) is 0 Å². The van der Waals surface area contributed by atoms with Crippen molar-refractivity contribution in [1.82, 2.24) is 0 Å². The van der Waals surface area contributed by atoms with Gasteiger partial charge in [0.1, 0.15) is 5.75 Å². The summed E-state index contributed by atoms with van der Waals surface area (Å²) in [5, 5.41) is 21.1. The molecular formula is C19H15F7N2O2. The van der Waals surface area contributed by atoms with Crippen LogP contribution in [0.1, 0.15) is 11.1 Å². The van der Waals surface area contributed by atoms with Crippen LogP contribution in [-0.2, 0) is 6.42 Å². The molecule has 11 heteroatoms. The van der Waals surface area contributed by atoms with Gasteiger partial charge in [-0.1, -0.05) is 18.2 Å². The van der Waals surface area contributed by atoms with E-state index in [1.165, 1.54) is 24.3 Å². The Morgan fingerprint density at radius 1 is 1.03 bits per heavy atom. The molecule has 0 amide bonds. The summed E-state index contributed by atoms with van der Waals surface area (Å²) < 4.78 is 93.3. The van der Waals surface area contributed by atoms with Crippen LogP contribution < -0.4 is 10.1 Å². The Morgan fingerprint density at radius 2 is 1.67 bits per heavy atom. The molecule has 30 heavy (non-hydrogen) atoms. The molecule has 2 rings (SSSR count). The highest BCUT2D eigenvalue weighted by Gasteiger charge is 2.44. The second-order valence-electron chi connectivity index (χ2n) is 6.24. The fourth-order valence-electron chi connectivity index (χ4n) is 2.51. The summed E-state index contributed by atoms with van der Waals surface area (Å²) in [5.41, 5.74) is 0.514. The van der Waals surface area contributed by atoms with Crippen LogP contribution in [-0.4, -0.2) is 36.0 Å². The van der Waals surface area contributed by atoms with Crippen molar-refractivity contribution < 1.29 is 40.6 Å². The second-order valence-corrected chi connectivity index (χ2v) is 6.24. The van der Waals surface area contributed by atoms with Gasteiger partial charge in [-0.2, -0.15) is 36.0 Å². The lowest BCUT2D eigenvalue weighted by molar-refractivity contribution is -0.253. The lowest BCUT2D eigenvalue weighted by Crippen LogP contribution is -2.45. The van der Waals surface area contributed by atoms with Crippen LogP contribution in [0.4, 0.5) is 36.4 Å². The van der Waals surface area contributed by atoms with Gasteiger partial charge in [0.05, 0.1) is 17.7 Å². The SMILES string of the molecule is N#Cc1cccc(NC(Cc2ccc(OC(F)(F)C(F)F)cc2)C(O)C(F)(F)F)c1. The van der Waals surface area contributed by atoms with Crippen molar-refractivity contribution in [3.63, 3.8) is 0 Å². The zero-order chi connectivity index (χ0) is 22.5. The number of hydrogen-bond donors (Lipinski definition) is 2. The van der Waals surface area contributed by atoms with Crippen LogP contribution in [0.25, 0.3) is 0 Å². The van der Waals surface area contributed by atoms with Gasteiger partial charge in [-0.25, -0.2) is 0 Å². The third-order valence-corrected chi connectivity index (χ3v) is 3.95. The third kappa shape index (κ3) is 6.25. The molecule has 0 fully saturated rings. The Morgan fingerprint density at radius 3 is 2.20 bits per heavy atom. The number of rotatable bonds is 8. The number of aliphatic hydroxyl groups excluding tert-OH is 1. The number of hydrogen-bond acceptors (Lipinski definition) is 4. The summed E-state index contributed by atoms with van der Waals surface area (Å²) in [5.74, 6) is -0.605. The topological polar surface area (TPSA) is 65.3 Å². The molecule has 0 bridgehead atoms. The number of ether oxygens (including phenoxy) is 1. The largest absolute Gasteiger partial charge is 0.461 e. The van der Waals surface area contributed by atoms with E-state index in [-0.39, 0.29) is 16.8 Å². The number of nitriles is 1. The molecular weight excluding hydrogens is 421 g/mol. The van der Waals surface area contributed by atoms with Crippen molar-refractivity contribution in [2.24, 2.45) is 0 Å². The van der Waals surface area contributed by atoms with Crippen molar-refractivity contribution in [1.29, 1.82) is 5.26 Å². The molecule has 0 saturated heterocycles. The summed E-state index contributed by atoms with van der Waals surface area (Å²) in [6, 6.07) is 9.84. The van der Waals surface area contributed by atoms with E-state index in [1.54, 1.807) is 0 Å². The van der Waals surface area contributed by atoms with Crippen molar-refractivity contribution in [3.8, 4) is 11.8 Å². The van der Waals surface area contributed by atoms with Gasteiger partial charge in [0.25, 0.3) is 0 Å². The summed E-state index contributed by atoms with van der Waals surface area (Å²) in [7, 11) is 0. The maximum atomic E-state index is 13.1. The number of anilines is 1. The maximum Gasteiger partial charge on any atom is 0.461 e. The zero-order valence-corrected chi connectivity index (χ0v) is 15.0. The van der Waals surface area contributed by atoms with Crippen LogP contribution in [0.3, 0.4) is 0 Å². The number of benzene rings is 2. The summed E-state index contributed by atoms with van der Waals surface area (Å²) in [4.78, 5) is 0. The Labute approximate surface area is 166 Å². The van der Waals surface area contributed by atoms with E-state index < -0.39 is 43.0 Å². The summed E-state index contributed by atoms with van der Waals surface area (Å²) >= 11 is 0. The van der Waals surface area contributed by atoms with Gasteiger partial charge in [0.2, 0.25) is 0 Å². The molecule has 0 radical (unpaired) electrons. The van der Waals surface area contributed by atoms with Gasteiger partial charge >= 0.3 is 18.7 Å². The monoisotopic (exact) mass is 436 g/mol. The minimum atomic E-state index is -4.97. The minimum absolute atomic E-state index is 0.152. The van der Waals surface area contributed by atoms with Gasteiger partial charge < -0.3 is 15.2 Å². The van der Waals surface area contributed by atoms with E-state index in [2.05, 4.69) is 10.1 Å². The van der Waals surface area contributed by atoms with E-state index in [1.807, 2.05) is 6.07 Å². The molecule has 0 aliphatic rings. The van der Waals surface area contributed by atoms with E-state index in [0.29, 0.717) is 0 Å². The van der Waals surface area contributed by atoms with Crippen molar-refractivity contribution >= 4 is 5.69 Å². The van der Waals surface area contributed by atoms with Crippen molar-refractivity contribution in [2.45, 2.75) is 37.3 Å². The predicted octanol–water partition coefficient (Wildman–Crippen LogP) is 4.74. The van der Waals surface area contributed by atoms with Crippen molar-refractivity contribution in [2.75, 3.05) is 5.32 Å². The summed E-state index contributed by atoms with van der Waals surface area (Å²) in [6.07, 6.45) is -16.9. The van der Waals surface area contributed by atoms with Crippen LogP contribution in [0.15, 0.2) is 48.5 Å². The quantitative estimate of drug-likeness (QED) is 0.587. The normalized spacial score (nSPS) is 14.1. The van der Waals surface area contributed by atoms with E-state index in [0.717, 1.165) is 24.3 Å². The Hall–Kier alpha value is -3.00. The lowest BCUT2D eigenvalue weighted by atomic mass is 10.00. The molecule has 0 aliphatic heterocycles. The average Bonchev–Trinajstić information content (AvgIpc) is 2.67. The number of halogens is 7. The van der Waals surface area contributed by atoms with Gasteiger partial charge in [-0.15, -0.1) is 0 Å². The molecule has 0 heterocycles. The number of alkyl halides is 7. The minimum Gasteiger partial charge on any atom is -0.428 e. The number of nitrogens with one attached hydrogen (secondary N) is 1. The first kappa shape index (κ1) is 23.3. The highest BCUT2D eigenvalue weighted by molar-refractivity contribution is 5.50. The van der Waals surface area contributed by atoms with Crippen LogP contribution in [0, 0.1) is 11.3 Å². The van der Waals surface area contributed by atoms with Crippen molar-refractivity contribution in [3.05, 3.63) is 59.7 Å². The molecule has 2 aromatic carbocycles. The van der Waals surface area contributed by atoms with E-state index in [4.69, 9.17) is 5.26 Å². The fourth-order valence-corrected chi connectivity index (χ4v) is 2.51. The van der Waals surface area contributed by atoms with Gasteiger partial charge in [-0.05, 0) is 42.3 Å². The average molecular weight is 436 g/mol. The number of aliphatic hydroxyl groups is 1. The first-order chi connectivity index (χ1) is 13.9. The zero-order valence-electron chi connectivity index (χ0n) is 15.0. The third-order valence-electron chi connectivity index (χ3n) is 3.95. The van der Waals surface area contributed by atoms with Crippen LogP contribution in [0.5, 0.6) is 5.75 Å². The molecule has 0 saturated carbocycles. The molecule has 2 N–H and O–H groups in total. The Kier molecular flexibility index (Phi) is 7.15. The Bertz CT molecular complexity index is 880. The van der Waals surface area contributed by atoms with E-state index in [9.17, 15) is 35.8 Å². The molecule has 4 nitrogen and oxygen atoms in total. The lowest BCUT2D eigenvalue weighted by Gasteiger charge is -2.27. The number of nitrogens with zero attached hydrogens (tertiary/aromatic N) is 1. The molecule has 2 atom stereocenters. The molecule has 162 valence electrons. The first-order valence-electron chi connectivity index (χ1n) is 8.38. The molecule has 2 aromatic rings. The van der Waals surface area contributed by atoms with Crippen LogP contribution >= 0.6 is 0 Å². The van der Waals surface area contributed by atoms with E-state index >= 15 is 0 Å². The Balaban J connectivity index is 2.20. The second kappa shape index (κ2) is 9.21. The fraction of sp³-hybridized carbons (Fsp3) is 0.316. The highest BCUT2D eigenvalue weighted by Crippen LogP contribution is 2.29. The van der Waals surface area contributed by atoms with Gasteiger partial charge in [0, 0.05) is 5.69 Å². The highest BCUT2D eigenvalue weighted by atomic mass is 19.4. The molecule has 0 aliphatic carbocycles. The molecule has 2 unspecified atom stereocenters. The van der Waals surface area contributed by atoms with Gasteiger partial charge in [0.15, 0.2) is 6.10 Å². The standard InChI is InChI=1S/C19H15F7N2O2/c20-17(21)19(25,26)30-14-6-4-11(5-7-14)9-15(16(29)18(22,23)24)28-13-3-1-2-12(8-13)10-27/h1-8,15-17,28-29H,9H2. The maximum absolute atomic E-state index is 13.1. The smallest absolute Gasteiger partial charge is 0.428 e. The van der Waals surface area contributed by atoms with Gasteiger partial charge in [-0.3, -0.25) is 0 Å². The summed E-state index contributed by atoms with van der Waals surface area (Å²) in [6.45, 7) is 0. The molecule has 0 spiro atoms. The predicted molar refractivity (Wildman–Crippen MR) is 92.4 cm³/mol. The molecule has 0 aromatic heterocycles.